The standard InChI is InChI=1S/C14H20N2O3/c1-10(16-18)11-6-5-7-12(8-11)15-13(17)9-14(2,3)19-4/h5-8,18H,9H2,1-4H3,(H,15,17)/b16-10+. The molecule has 0 atom stereocenters. The highest BCUT2D eigenvalue weighted by molar-refractivity contribution is 6.00. The van der Waals surface area contributed by atoms with Gasteiger partial charge in [-0.1, -0.05) is 17.3 Å². The van der Waals surface area contributed by atoms with Gasteiger partial charge in [0.1, 0.15) is 0 Å². The number of benzene rings is 1. The molecule has 0 aromatic heterocycles. The number of amides is 1. The van der Waals surface area contributed by atoms with Gasteiger partial charge in [-0.3, -0.25) is 4.79 Å². The number of hydrogen-bond acceptors (Lipinski definition) is 4. The number of rotatable bonds is 5. The zero-order valence-electron chi connectivity index (χ0n) is 11.7. The van der Waals surface area contributed by atoms with Crippen LogP contribution >= 0.6 is 0 Å². The lowest BCUT2D eigenvalue weighted by Gasteiger charge is -2.22. The van der Waals surface area contributed by atoms with Crippen molar-refractivity contribution in [1.82, 2.24) is 0 Å². The minimum atomic E-state index is -0.496. The minimum Gasteiger partial charge on any atom is -0.411 e. The second kappa shape index (κ2) is 6.33. The molecule has 0 aliphatic rings. The molecule has 0 bridgehead atoms. The van der Waals surface area contributed by atoms with Gasteiger partial charge in [-0.05, 0) is 32.9 Å². The zero-order valence-corrected chi connectivity index (χ0v) is 11.7. The van der Waals surface area contributed by atoms with E-state index in [1.54, 1.807) is 32.2 Å². The summed E-state index contributed by atoms with van der Waals surface area (Å²) in [6.07, 6.45) is 0.265. The van der Waals surface area contributed by atoms with Crippen molar-refractivity contribution in [3.63, 3.8) is 0 Å². The smallest absolute Gasteiger partial charge is 0.227 e. The summed E-state index contributed by atoms with van der Waals surface area (Å²) in [7, 11) is 1.58. The Hall–Kier alpha value is -1.88. The summed E-state index contributed by atoms with van der Waals surface area (Å²) in [5, 5.41) is 14.7. The van der Waals surface area contributed by atoms with Gasteiger partial charge in [-0.2, -0.15) is 0 Å². The van der Waals surface area contributed by atoms with E-state index in [-0.39, 0.29) is 12.3 Å². The molecule has 0 aliphatic carbocycles. The molecule has 1 amide bonds. The van der Waals surface area contributed by atoms with Gasteiger partial charge < -0.3 is 15.3 Å². The van der Waals surface area contributed by atoms with Crippen LogP contribution in [0.3, 0.4) is 0 Å². The number of carbonyl (C=O) groups excluding carboxylic acids is 1. The molecule has 1 rings (SSSR count). The monoisotopic (exact) mass is 264 g/mol. The number of carbonyl (C=O) groups is 1. The van der Waals surface area contributed by atoms with Crippen molar-refractivity contribution in [3.05, 3.63) is 29.8 Å². The number of anilines is 1. The average molecular weight is 264 g/mol. The first-order valence-electron chi connectivity index (χ1n) is 6.02. The fraction of sp³-hybridized carbons (Fsp3) is 0.429. The Morgan fingerprint density at radius 3 is 2.74 bits per heavy atom. The van der Waals surface area contributed by atoms with Crippen LogP contribution in [0.25, 0.3) is 0 Å². The van der Waals surface area contributed by atoms with Crippen molar-refractivity contribution in [1.29, 1.82) is 0 Å². The summed E-state index contributed by atoms with van der Waals surface area (Å²) in [6.45, 7) is 5.39. The number of ether oxygens (including phenoxy) is 1. The van der Waals surface area contributed by atoms with Crippen molar-refractivity contribution in [2.45, 2.75) is 32.8 Å². The molecule has 104 valence electrons. The summed E-state index contributed by atoms with van der Waals surface area (Å²) in [4.78, 5) is 11.9. The van der Waals surface area contributed by atoms with E-state index in [0.717, 1.165) is 5.56 Å². The highest BCUT2D eigenvalue weighted by Crippen LogP contribution is 2.16. The summed E-state index contributed by atoms with van der Waals surface area (Å²) >= 11 is 0. The predicted octanol–water partition coefficient (Wildman–Crippen LogP) is 2.64. The van der Waals surface area contributed by atoms with Gasteiger partial charge in [-0.15, -0.1) is 0 Å². The Balaban J connectivity index is 2.75. The van der Waals surface area contributed by atoms with Crippen molar-refractivity contribution in [3.8, 4) is 0 Å². The molecular weight excluding hydrogens is 244 g/mol. The Bertz CT molecular complexity index is 481. The molecule has 0 saturated carbocycles. The number of hydrogen-bond donors (Lipinski definition) is 2. The van der Waals surface area contributed by atoms with Crippen LogP contribution in [-0.2, 0) is 9.53 Å². The molecule has 1 aromatic rings. The largest absolute Gasteiger partial charge is 0.411 e. The molecule has 5 nitrogen and oxygen atoms in total. The van der Waals surface area contributed by atoms with Crippen molar-refractivity contribution in [2.75, 3.05) is 12.4 Å². The Labute approximate surface area is 113 Å². The fourth-order valence-electron chi connectivity index (χ4n) is 1.54. The number of nitrogens with zero attached hydrogens (tertiary/aromatic N) is 1. The third kappa shape index (κ3) is 4.71. The summed E-state index contributed by atoms with van der Waals surface area (Å²) in [6, 6.07) is 7.14. The van der Waals surface area contributed by atoms with Crippen molar-refractivity contribution >= 4 is 17.3 Å². The summed E-state index contributed by atoms with van der Waals surface area (Å²) < 4.78 is 5.21. The zero-order chi connectivity index (χ0) is 14.5. The molecule has 5 heteroatoms. The van der Waals surface area contributed by atoms with Crippen LogP contribution in [0.1, 0.15) is 32.8 Å². The van der Waals surface area contributed by atoms with Gasteiger partial charge in [0.25, 0.3) is 0 Å². The van der Waals surface area contributed by atoms with Gasteiger partial charge in [0, 0.05) is 18.4 Å². The van der Waals surface area contributed by atoms with Crippen LogP contribution < -0.4 is 5.32 Å². The quantitative estimate of drug-likeness (QED) is 0.488. The first-order chi connectivity index (χ1) is 8.88. The lowest BCUT2D eigenvalue weighted by atomic mass is 10.0. The molecule has 0 heterocycles. The molecule has 0 unspecified atom stereocenters. The van der Waals surface area contributed by atoms with E-state index in [1.165, 1.54) is 0 Å². The third-order valence-corrected chi connectivity index (χ3v) is 2.85. The minimum absolute atomic E-state index is 0.123. The molecule has 1 aromatic carbocycles. The van der Waals surface area contributed by atoms with E-state index in [2.05, 4.69) is 10.5 Å². The van der Waals surface area contributed by atoms with Crippen LogP contribution in [0.2, 0.25) is 0 Å². The van der Waals surface area contributed by atoms with Crippen LogP contribution in [0.5, 0.6) is 0 Å². The van der Waals surface area contributed by atoms with Crippen molar-refractivity contribution < 1.29 is 14.7 Å². The fourth-order valence-corrected chi connectivity index (χ4v) is 1.54. The van der Waals surface area contributed by atoms with Gasteiger partial charge in [0.05, 0.1) is 17.7 Å². The van der Waals surface area contributed by atoms with E-state index < -0.39 is 5.60 Å². The number of nitrogens with one attached hydrogen (secondary N) is 1. The van der Waals surface area contributed by atoms with Crippen molar-refractivity contribution in [2.24, 2.45) is 5.16 Å². The van der Waals surface area contributed by atoms with E-state index in [0.29, 0.717) is 11.4 Å². The Kier molecular flexibility index (Phi) is 5.06. The van der Waals surface area contributed by atoms with E-state index in [1.807, 2.05) is 19.9 Å². The second-order valence-corrected chi connectivity index (χ2v) is 4.95. The maximum absolute atomic E-state index is 11.9. The topological polar surface area (TPSA) is 70.9 Å². The molecule has 0 spiro atoms. The lowest BCUT2D eigenvalue weighted by Crippen LogP contribution is -2.29. The normalized spacial score (nSPS) is 12.3. The van der Waals surface area contributed by atoms with Crippen LogP contribution in [0.4, 0.5) is 5.69 Å². The SMILES string of the molecule is COC(C)(C)CC(=O)Nc1cccc(/C(C)=N/O)c1. The number of methoxy groups -OCH3 is 1. The predicted molar refractivity (Wildman–Crippen MR) is 74.8 cm³/mol. The van der Waals surface area contributed by atoms with Crippen LogP contribution in [0.15, 0.2) is 29.4 Å². The Morgan fingerprint density at radius 1 is 1.47 bits per heavy atom. The third-order valence-electron chi connectivity index (χ3n) is 2.85. The molecule has 2 N–H and O–H groups in total. The van der Waals surface area contributed by atoms with E-state index in [9.17, 15) is 4.79 Å². The molecule has 0 saturated heterocycles. The summed E-state index contributed by atoms with van der Waals surface area (Å²) in [5.74, 6) is -0.123. The maximum atomic E-state index is 11.9. The summed E-state index contributed by atoms with van der Waals surface area (Å²) in [5.41, 5.74) is 1.42. The highest BCUT2D eigenvalue weighted by Gasteiger charge is 2.21. The highest BCUT2D eigenvalue weighted by atomic mass is 16.5. The molecular formula is C14H20N2O3. The molecule has 0 aliphatic heterocycles. The lowest BCUT2D eigenvalue weighted by molar-refractivity contribution is -0.121. The average Bonchev–Trinajstić information content (AvgIpc) is 2.37. The van der Waals surface area contributed by atoms with Gasteiger partial charge >= 0.3 is 0 Å². The van der Waals surface area contributed by atoms with Gasteiger partial charge in [0.2, 0.25) is 5.91 Å². The molecule has 0 radical (unpaired) electrons. The van der Waals surface area contributed by atoms with Gasteiger partial charge in [-0.25, -0.2) is 0 Å². The molecule has 19 heavy (non-hydrogen) atoms. The number of oxime groups is 1. The van der Waals surface area contributed by atoms with Crippen LogP contribution in [-0.4, -0.2) is 29.5 Å². The van der Waals surface area contributed by atoms with Gasteiger partial charge in [0.15, 0.2) is 0 Å². The maximum Gasteiger partial charge on any atom is 0.227 e. The molecule has 0 fully saturated rings. The first kappa shape index (κ1) is 15.2. The van der Waals surface area contributed by atoms with E-state index in [4.69, 9.17) is 9.94 Å². The Morgan fingerprint density at radius 2 is 2.16 bits per heavy atom. The first-order valence-corrected chi connectivity index (χ1v) is 6.02. The van der Waals surface area contributed by atoms with Crippen LogP contribution in [0, 0.1) is 0 Å². The van der Waals surface area contributed by atoms with E-state index >= 15 is 0 Å². The second-order valence-electron chi connectivity index (χ2n) is 4.95.